The van der Waals surface area contributed by atoms with Gasteiger partial charge in [-0.2, -0.15) is 0 Å². The molecule has 4 heteroatoms. The van der Waals surface area contributed by atoms with E-state index in [0.717, 1.165) is 9.67 Å². The molecule has 4 N–H and O–H groups in total. The van der Waals surface area contributed by atoms with Crippen LogP contribution in [0.2, 0.25) is 0 Å². The number of hydrogen-bond acceptors (Lipinski definition) is 3. The summed E-state index contributed by atoms with van der Waals surface area (Å²) in [6.45, 7) is 0. The Balaban J connectivity index is 3.30. The Hall–Kier alpha value is -0.350. The molecule has 2 nitrogen and oxygen atoms in total. The van der Waals surface area contributed by atoms with Gasteiger partial charge >= 0.3 is 0 Å². The maximum Gasteiger partial charge on any atom is 0.265 e. The van der Waals surface area contributed by atoms with Crippen LogP contribution in [-0.2, 0) is 0 Å². The average molecular weight is 133 g/mol. The van der Waals surface area contributed by atoms with E-state index in [2.05, 4.69) is 0 Å². The fourth-order valence-electron chi connectivity index (χ4n) is 0.285. The van der Waals surface area contributed by atoms with Crippen LogP contribution in [0.25, 0.3) is 0 Å². The average Bonchev–Trinajstić information content (AvgIpc) is 1.87. The number of rotatable bonds is 0. The van der Waals surface area contributed by atoms with Gasteiger partial charge in [-0.15, -0.1) is 0 Å². The van der Waals surface area contributed by atoms with E-state index >= 15 is 0 Å². The van der Waals surface area contributed by atoms with Crippen molar-refractivity contribution < 1.29 is 5.41 Å². The van der Waals surface area contributed by atoms with Crippen LogP contribution in [0.4, 0.5) is 5.00 Å². The fourth-order valence-corrected chi connectivity index (χ4v) is 1.77. The molecule has 0 amide bonds. The maximum absolute atomic E-state index is 5.33. The summed E-state index contributed by atoms with van der Waals surface area (Å²) >= 11 is 0. The predicted molar refractivity (Wildman–Crippen MR) is 31.7 cm³/mol. The summed E-state index contributed by atoms with van der Waals surface area (Å²) in [5.74, 6) is 0. The zero-order chi connectivity index (χ0) is 5.28. The zero-order valence-corrected chi connectivity index (χ0v) is 5.18. The Labute approximate surface area is 48.1 Å². The molecule has 0 bridgehead atoms. The van der Waals surface area contributed by atoms with Crippen LogP contribution in [0.3, 0.4) is 0 Å². The topological polar surface area (TPSA) is 51.6 Å². The highest BCUT2D eigenvalue weighted by Crippen LogP contribution is 2.09. The predicted octanol–water partition coefficient (Wildman–Crippen LogP) is -0.948. The first-order chi connectivity index (χ1) is 3.29. The summed E-state index contributed by atoms with van der Waals surface area (Å²) in [6, 6.07) is 1.76. The van der Waals surface area contributed by atoms with Crippen LogP contribution in [-0.4, -0.2) is 0 Å². The Morgan fingerprint density at radius 2 is 2.29 bits per heavy atom. The fraction of sp³-hybridized carbons (Fsp3) is 0. The van der Waals surface area contributed by atoms with Gasteiger partial charge in [0.1, 0.15) is 5.00 Å². The standard InChI is InChI=1S/C3H4N2S2/c4-2-1-3(5)7-6-2/h1,4H,5H2/p+1. The first kappa shape index (κ1) is 4.80. The minimum absolute atomic E-state index is 0.794. The van der Waals surface area contributed by atoms with Crippen molar-refractivity contribution in [3.63, 3.8) is 0 Å². The van der Waals surface area contributed by atoms with E-state index in [0.29, 0.717) is 0 Å². The first-order valence-corrected chi connectivity index (χ1v) is 3.88. The van der Waals surface area contributed by atoms with Gasteiger partial charge in [0.2, 0.25) is 0 Å². The van der Waals surface area contributed by atoms with E-state index in [1.54, 1.807) is 6.07 Å². The van der Waals surface area contributed by atoms with Crippen molar-refractivity contribution in [2.45, 2.75) is 0 Å². The molecule has 0 spiro atoms. The minimum atomic E-state index is 0.794. The van der Waals surface area contributed by atoms with Gasteiger partial charge in [0.15, 0.2) is 0 Å². The van der Waals surface area contributed by atoms with Gasteiger partial charge in [-0.25, -0.2) is 5.41 Å². The molecule has 7 heavy (non-hydrogen) atoms. The number of nitrogen functional groups attached to an aromatic ring is 1. The lowest BCUT2D eigenvalue weighted by Crippen LogP contribution is -2.41. The highest BCUT2D eigenvalue weighted by atomic mass is 32.9. The third kappa shape index (κ3) is 1.01. The van der Waals surface area contributed by atoms with Crippen LogP contribution < -0.4 is 15.8 Å². The summed E-state index contributed by atoms with van der Waals surface area (Å²) in [6.07, 6.45) is 0. The summed E-state index contributed by atoms with van der Waals surface area (Å²) in [4.78, 5) is 0. The van der Waals surface area contributed by atoms with Crippen molar-refractivity contribution in [2.24, 2.45) is 0 Å². The van der Waals surface area contributed by atoms with E-state index in [-0.39, 0.29) is 0 Å². The van der Waals surface area contributed by atoms with Gasteiger partial charge in [0, 0.05) is 0 Å². The van der Waals surface area contributed by atoms with Crippen LogP contribution >= 0.6 is 20.7 Å². The molecule has 0 aliphatic carbocycles. The van der Waals surface area contributed by atoms with Gasteiger partial charge < -0.3 is 5.73 Å². The van der Waals surface area contributed by atoms with E-state index < -0.39 is 0 Å². The molecular formula is C3H5N2S2+. The molecule has 0 unspecified atom stereocenters. The van der Waals surface area contributed by atoms with Gasteiger partial charge in [0.25, 0.3) is 4.67 Å². The molecule has 1 aromatic rings. The molecule has 1 rings (SSSR count). The lowest BCUT2D eigenvalue weighted by Gasteiger charge is -1.65. The Morgan fingerprint density at radius 1 is 1.57 bits per heavy atom. The van der Waals surface area contributed by atoms with E-state index in [1.807, 2.05) is 0 Å². The molecule has 0 aromatic carbocycles. The lowest BCUT2D eigenvalue weighted by molar-refractivity contribution is -0.166. The summed E-state index contributed by atoms with van der Waals surface area (Å²) in [5.41, 5.74) is 5.33. The minimum Gasteiger partial charge on any atom is -0.390 e. The quantitative estimate of drug-likeness (QED) is 0.441. The third-order valence-corrected chi connectivity index (χ3v) is 2.63. The Kier molecular flexibility index (Phi) is 1.12. The smallest absolute Gasteiger partial charge is 0.265 e. The van der Waals surface area contributed by atoms with Crippen LogP contribution in [0.5, 0.6) is 0 Å². The molecule has 0 saturated heterocycles. The second-order valence-electron chi connectivity index (χ2n) is 1.12. The Bertz CT molecular complexity index is 199. The van der Waals surface area contributed by atoms with Gasteiger partial charge in [-0.3, -0.25) is 0 Å². The highest BCUT2D eigenvalue weighted by Gasteiger charge is 1.87. The lowest BCUT2D eigenvalue weighted by atomic mass is 10.7. The van der Waals surface area contributed by atoms with Crippen molar-refractivity contribution in [2.75, 3.05) is 5.73 Å². The molecule has 0 atom stereocenters. The number of hydrogen-bond donors (Lipinski definition) is 2. The summed E-state index contributed by atoms with van der Waals surface area (Å²) < 4.78 is 0.794. The molecule has 0 fully saturated rings. The second kappa shape index (κ2) is 1.63. The van der Waals surface area contributed by atoms with Crippen molar-refractivity contribution in [3.05, 3.63) is 10.7 Å². The number of anilines is 1. The highest BCUT2D eigenvalue weighted by molar-refractivity contribution is 7.69. The van der Waals surface area contributed by atoms with Crippen LogP contribution in [0, 0.1) is 0 Å². The second-order valence-corrected chi connectivity index (χ2v) is 3.39. The zero-order valence-electron chi connectivity index (χ0n) is 3.55. The molecule has 0 saturated carbocycles. The maximum atomic E-state index is 5.33. The van der Waals surface area contributed by atoms with E-state index in [1.165, 1.54) is 20.7 Å². The monoisotopic (exact) mass is 133 g/mol. The molecule has 1 heterocycles. The summed E-state index contributed by atoms with van der Waals surface area (Å²) in [5, 5.41) is 6.12. The van der Waals surface area contributed by atoms with E-state index in [4.69, 9.17) is 11.1 Å². The first-order valence-electron chi connectivity index (χ1n) is 1.73. The molecule has 0 radical (unpaired) electrons. The third-order valence-electron chi connectivity index (χ3n) is 0.519. The SMILES string of the molecule is Nc1cc(=[NH2+])ss1. The van der Waals surface area contributed by atoms with Crippen molar-refractivity contribution in [3.8, 4) is 0 Å². The Morgan fingerprint density at radius 3 is 2.43 bits per heavy atom. The van der Waals surface area contributed by atoms with Gasteiger partial charge in [-0.1, -0.05) is 10.3 Å². The van der Waals surface area contributed by atoms with E-state index in [9.17, 15) is 0 Å². The normalized spacial score (nSPS) is 9.14. The number of nitrogens with two attached hydrogens (primary N) is 2. The summed E-state index contributed by atoms with van der Waals surface area (Å²) in [7, 11) is 3.00. The molecule has 38 valence electrons. The van der Waals surface area contributed by atoms with Gasteiger partial charge in [0.05, 0.1) is 6.07 Å². The molecule has 1 aromatic heterocycles. The molecule has 0 aliphatic heterocycles. The van der Waals surface area contributed by atoms with Gasteiger partial charge in [-0.05, 0) is 10.3 Å². The largest absolute Gasteiger partial charge is 0.390 e. The molecular weight excluding hydrogens is 128 g/mol. The van der Waals surface area contributed by atoms with Crippen LogP contribution in [0.1, 0.15) is 0 Å². The van der Waals surface area contributed by atoms with Crippen molar-refractivity contribution in [1.29, 1.82) is 0 Å². The van der Waals surface area contributed by atoms with Crippen molar-refractivity contribution in [1.82, 2.24) is 0 Å². The van der Waals surface area contributed by atoms with Crippen molar-refractivity contribution >= 4 is 25.7 Å². The molecule has 0 aliphatic rings. The van der Waals surface area contributed by atoms with Crippen LogP contribution in [0.15, 0.2) is 6.07 Å².